The fourth-order valence-electron chi connectivity index (χ4n) is 4.70. The van der Waals surface area contributed by atoms with Crippen LogP contribution in [0.15, 0.2) is 41.4 Å². The minimum atomic E-state index is -6.01. The van der Waals surface area contributed by atoms with Gasteiger partial charge < -0.3 is 23.1 Å². The normalized spacial score (nSPS) is 20.5. The molecule has 3 heterocycles. The molecule has 226 valence electrons. The van der Waals surface area contributed by atoms with Crippen LogP contribution >= 0.6 is 0 Å². The number of hydrogen-bond donors (Lipinski definition) is 1. The van der Waals surface area contributed by atoms with Gasteiger partial charge in [-0.3, -0.25) is 10.3 Å². The SMILES string of the molecule is CC(C)(C)OC(=O)NC1=N[C@@]2(COC1)c1cc(OS(=O)(=O)C(F)(F)F)ccc1Oc1c(F)cc(C3=CCCOC3)cc12. The van der Waals surface area contributed by atoms with Gasteiger partial charge in [0.05, 0.1) is 19.8 Å². The number of nitrogens with one attached hydrogen (secondary N) is 1. The highest BCUT2D eigenvalue weighted by Gasteiger charge is 2.50. The molecular weight excluding hydrogens is 588 g/mol. The molecule has 0 saturated carbocycles. The molecule has 0 fully saturated rings. The zero-order chi connectivity index (χ0) is 30.5. The second-order valence-electron chi connectivity index (χ2n) is 10.7. The van der Waals surface area contributed by atoms with Gasteiger partial charge in [0.1, 0.15) is 35.1 Å². The number of rotatable bonds is 3. The minimum absolute atomic E-state index is 0.0125. The number of carbonyl (C=O) groups is 1. The molecule has 10 nitrogen and oxygen atoms in total. The van der Waals surface area contributed by atoms with E-state index in [4.69, 9.17) is 23.9 Å². The van der Waals surface area contributed by atoms with Crippen LogP contribution in [0.3, 0.4) is 0 Å². The smallest absolute Gasteiger partial charge is 0.453 e. The standard InChI is InChI=1S/C27H26F4N2O8S/c1-25(2,3)40-24(34)32-22-13-38-14-26(33-22)18-11-17(41-42(35,36)27(29,30)31)6-7-21(18)39-23-19(26)9-16(10-20(23)28)15-5-4-8-37-12-15/h5-7,9-11H,4,8,12-14H2,1-3H3,(H,32,33,34)/t26-/m0/s1. The number of hydrogen-bond acceptors (Lipinski definition) is 9. The predicted molar refractivity (Wildman–Crippen MR) is 140 cm³/mol. The molecular formula is C27H26F4N2O8S. The number of halogens is 4. The maximum Gasteiger partial charge on any atom is 0.534 e. The van der Waals surface area contributed by atoms with Gasteiger partial charge in [0.25, 0.3) is 0 Å². The van der Waals surface area contributed by atoms with Crippen LogP contribution < -0.4 is 14.2 Å². The van der Waals surface area contributed by atoms with E-state index in [0.717, 1.165) is 18.2 Å². The van der Waals surface area contributed by atoms with Crippen molar-refractivity contribution in [3.05, 3.63) is 58.9 Å². The maximum atomic E-state index is 15.6. The first-order valence-corrected chi connectivity index (χ1v) is 14.1. The summed E-state index contributed by atoms with van der Waals surface area (Å²) in [6.45, 7) is 5.21. The van der Waals surface area contributed by atoms with Crippen molar-refractivity contribution in [2.75, 3.05) is 26.4 Å². The molecule has 1 N–H and O–H groups in total. The van der Waals surface area contributed by atoms with E-state index in [0.29, 0.717) is 24.2 Å². The van der Waals surface area contributed by atoms with E-state index in [1.807, 2.05) is 6.08 Å². The van der Waals surface area contributed by atoms with Gasteiger partial charge in [0.15, 0.2) is 11.6 Å². The summed E-state index contributed by atoms with van der Waals surface area (Å²) in [4.78, 5) is 17.2. The molecule has 1 amide bonds. The van der Waals surface area contributed by atoms with Crippen LogP contribution in [0, 0.1) is 5.82 Å². The zero-order valence-electron chi connectivity index (χ0n) is 22.6. The highest BCUT2D eigenvalue weighted by atomic mass is 32.2. The molecule has 0 aliphatic carbocycles. The number of alkyl halides is 3. The lowest BCUT2D eigenvalue weighted by Crippen LogP contribution is -2.46. The molecule has 1 atom stereocenters. The quantitative estimate of drug-likeness (QED) is 0.286. The third-order valence-corrected chi connectivity index (χ3v) is 7.37. The molecule has 0 radical (unpaired) electrons. The topological polar surface area (TPSA) is 122 Å². The highest BCUT2D eigenvalue weighted by Crippen LogP contribution is 2.52. The maximum absolute atomic E-state index is 15.6. The van der Waals surface area contributed by atoms with E-state index in [9.17, 15) is 26.4 Å². The molecule has 42 heavy (non-hydrogen) atoms. The van der Waals surface area contributed by atoms with Crippen LogP contribution in [0.4, 0.5) is 22.4 Å². The molecule has 15 heteroatoms. The third-order valence-electron chi connectivity index (χ3n) is 6.39. The van der Waals surface area contributed by atoms with Gasteiger partial charge in [-0.25, -0.2) is 9.18 Å². The van der Waals surface area contributed by atoms with Crippen LogP contribution in [0.2, 0.25) is 0 Å². The van der Waals surface area contributed by atoms with E-state index < -0.39 is 44.4 Å². The van der Waals surface area contributed by atoms with Crippen LogP contribution in [0.1, 0.15) is 43.9 Å². The fourth-order valence-corrected chi connectivity index (χ4v) is 5.15. The molecule has 0 saturated heterocycles. The van der Waals surface area contributed by atoms with Gasteiger partial charge in [-0.15, -0.1) is 0 Å². The minimum Gasteiger partial charge on any atom is -0.453 e. The largest absolute Gasteiger partial charge is 0.534 e. The van der Waals surface area contributed by atoms with Crippen LogP contribution in [0.25, 0.3) is 5.57 Å². The first-order valence-electron chi connectivity index (χ1n) is 12.7. The number of carbonyl (C=O) groups excluding carboxylic acids is 1. The Morgan fingerprint density at radius 3 is 2.50 bits per heavy atom. The van der Waals surface area contributed by atoms with Gasteiger partial charge in [0.2, 0.25) is 0 Å². The molecule has 1 spiro atoms. The lowest BCUT2D eigenvalue weighted by atomic mass is 9.79. The summed E-state index contributed by atoms with van der Waals surface area (Å²) < 4.78 is 105. The Morgan fingerprint density at radius 1 is 1.07 bits per heavy atom. The first kappa shape index (κ1) is 29.8. The molecule has 2 aromatic carbocycles. The van der Waals surface area contributed by atoms with Crippen LogP contribution in [0.5, 0.6) is 17.2 Å². The zero-order valence-corrected chi connectivity index (χ0v) is 23.4. The number of alkyl carbamates (subject to hydrolysis) is 1. The Kier molecular flexibility index (Phi) is 7.48. The summed E-state index contributed by atoms with van der Waals surface area (Å²) in [5.74, 6) is -1.76. The third kappa shape index (κ3) is 5.80. The summed E-state index contributed by atoms with van der Waals surface area (Å²) in [5.41, 5.74) is -6.99. The van der Waals surface area contributed by atoms with E-state index in [1.54, 1.807) is 26.8 Å². The van der Waals surface area contributed by atoms with Crippen molar-refractivity contribution in [3.63, 3.8) is 0 Å². The summed E-state index contributed by atoms with van der Waals surface area (Å²) in [5, 5.41) is 2.50. The average molecular weight is 615 g/mol. The Morgan fingerprint density at radius 2 is 1.83 bits per heavy atom. The van der Waals surface area contributed by atoms with Crippen molar-refractivity contribution in [1.82, 2.24) is 5.32 Å². The first-order chi connectivity index (χ1) is 19.6. The highest BCUT2D eigenvalue weighted by molar-refractivity contribution is 7.88. The predicted octanol–water partition coefficient (Wildman–Crippen LogP) is 5.16. The van der Waals surface area contributed by atoms with Gasteiger partial charge in [-0.1, -0.05) is 6.08 Å². The Balaban J connectivity index is 1.68. The second-order valence-corrected chi connectivity index (χ2v) is 12.2. The number of nitrogens with zero attached hydrogens (tertiary/aromatic N) is 1. The Labute approximate surface area is 238 Å². The van der Waals surface area contributed by atoms with Crippen LogP contribution in [-0.4, -0.2) is 57.9 Å². The van der Waals surface area contributed by atoms with Crippen molar-refractivity contribution in [2.24, 2.45) is 4.99 Å². The van der Waals surface area contributed by atoms with E-state index in [-0.39, 0.29) is 48.3 Å². The number of amidine groups is 1. The average Bonchev–Trinajstić information content (AvgIpc) is 2.88. The monoisotopic (exact) mass is 614 g/mol. The lowest BCUT2D eigenvalue weighted by Gasteiger charge is -2.40. The van der Waals surface area contributed by atoms with Gasteiger partial charge in [-0.2, -0.15) is 21.6 Å². The number of ether oxygens (including phenoxy) is 4. The van der Waals surface area contributed by atoms with Crippen LogP contribution in [-0.2, 0) is 29.9 Å². The van der Waals surface area contributed by atoms with Gasteiger partial charge in [0, 0.05) is 11.1 Å². The summed E-state index contributed by atoms with van der Waals surface area (Å²) >= 11 is 0. The van der Waals surface area contributed by atoms with Gasteiger partial charge in [-0.05, 0) is 68.7 Å². The number of benzene rings is 2. The molecule has 3 aliphatic heterocycles. The molecule has 0 bridgehead atoms. The summed E-state index contributed by atoms with van der Waals surface area (Å²) in [6.07, 6.45) is 1.63. The number of aliphatic imine (C=N–C) groups is 1. The van der Waals surface area contributed by atoms with E-state index in [2.05, 4.69) is 9.50 Å². The molecule has 5 rings (SSSR count). The molecule has 2 aromatic rings. The fraction of sp³-hybridized carbons (Fsp3) is 0.407. The number of fused-ring (bicyclic) bond motifs is 4. The Bertz CT molecular complexity index is 1600. The van der Waals surface area contributed by atoms with Crippen molar-refractivity contribution in [3.8, 4) is 17.2 Å². The van der Waals surface area contributed by atoms with E-state index in [1.165, 1.54) is 6.07 Å². The molecule has 0 unspecified atom stereocenters. The molecule has 0 aromatic heterocycles. The summed E-state index contributed by atoms with van der Waals surface area (Å²) in [7, 11) is -6.01. The van der Waals surface area contributed by atoms with E-state index >= 15 is 4.39 Å². The van der Waals surface area contributed by atoms with Gasteiger partial charge >= 0.3 is 21.7 Å². The Hall–Kier alpha value is -3.69. The lowest BCUT2D eigenvalue weighted by molar-refractivity contribution is -0.0500. The second kappa shape index (κ2) is 10.5. The van der Waals surface area contributed by atoms with Crippen molar-refractivity contribution in [1.29, 1.82) is 0 Å². The van der Waals surface area contributed by atoms with Crippen molar-refractivity contribution in [2.45, 2.75) is 43.8 Å². The van der Waals surface area contributed by atoms with Crippen molar-refractivity contribution >= 4 is 27.6 Å². The number of amides is 1. The van der Waals surface area contributed by atoms with Crippen molar-refractivity contribution < 1.29 is 53.9 Å². The molecule has 3 aliphatic rings. The summed E-state index contributed by atoms with van der Waals surface area (Å²) in [6, 6.07) is 5.92.